The molecule has 9 nitrogen and oxygen atoms in total. The molecule has 1 aromatic heterocycles. The van der Waals surface area contributed by atoms with Gasteiger partial charge in [0.15, 0.2) is 6.67 Å². The summed E-state index contributed by atoms with van der Waals surface area (Å²) in [4.78, 5) is 57.3. The summed E-state index contributed by atoms with van der Waals surface area (Å²) in [7, 11) is 0. The van der Waals surface area contributed by atoms with Crippen LogP contribution in [0.5, 0.6) is 0 Å². The molecule has 2 fully saturated rings. The van der Waals surface area contributed by atoms with E-state index in [-0.39, 0.29) is 19.1 Å². The number of imide groups is 2. The van der Waals surface area contributed by atoms with Gasteiger partial charge in [-0.3, -0.25) is 19.3 Å². The number of amides is 5. The maximum Gasteiger partial charge on any atom is 0.338 e. The molecule has 0 unspecified atom stereocenters. The summed E-state index contributed by atoms with van der Waals surface area (Å²) in [6.07, 6.45) is 0.302. The molecule has 1 N–H and O–H groups in total. The Balaban J connectivity index is 1.51. The molecule has 26 heavy (non-hydrogen) atoms. The molecule has 140 valence electrons. The normalized spacial score (nSPS) is 19.0. The van der Waals surface area contributed by atoms with Crippen LogP contribution in [0.1, 0.15) is 17.6 Å². The monoisotopic (exact) mass is 380 g/mol. The van der Waals surface area contributed by atoms with Gasteiger partial charge in [0.2, 0.25) is 5.91 Å². The zero-order valence-electron chi connectivity index (χ0n) is 14.9. The third-order valence-corrected chi connectivity index (χ3v) is 5.59. The summed E-state index contributed by atoms with van der Waals surface area (Å²) in [5, 5.41) is 2.74. The number of hydrogen-bond donors (Lipinski definition) is 1. The summed E-state index contributed by atoms with van der Waals surface area (Å²) in [5.74, 6) is -1.48. The van der Waals surface area contributed by atoms with Gasteiger partial charge < -0.3 is 9.80 Å². The number of thiazole rings is 1. The number of quaternary nitrogens is 1. The van der Waals surface area contributed by atoms with Crippen LogP contribution in [0, 0.1) is 6.92 Å². The number of urea groups is 1. The SMILES string of the molecule is CCN1C(=O)C(=O)N(C[NH+]2CCN(C(=O)Cc3nc(C)cs3)CC2)C1=O. The van der Waals surface area contributed by atoms with E-state index in [4.69, 9.17) is 0 Å². The Kier molecular flexibility index (Phi) is 5.33. The van der Waals surface area contributed by atoms with E-state index in [1.807, 2.05) is 12.3 Å². The topological polar surface area (TPSA) is 95.3 Å². The van der Waals surface area contributed by atoms with Gasteiger partial charge in [0.25, 0.3) is 0 Å². The molecular formula is C16H22N5O4S+. The Morgan fingerprint density at radius 3 is 2.38 bits per heavy atom. The second-order valence-electron chi connectivity index (χ2n) is 6.41. The third kappa shape index (κ3) is 3.61. The third-order valence-electron chi connectivity index (χ3n) is 4.63. The Labute approximate surface area is 155 Å². The van der Waals surface area contributed by atoms with Gasteiger partial charge in [-0.25, -0.2) is 14.7 Å². The molecule has 10 heteroatoms. The predicted molar refractivity (Wildman–Crippen MR) is 92.3 cm³/mol. The Morgan fingerprint density at radius 1 is 1.19 bits per heavy atom. The van der Waals surface area contributed by atoms with E-state index in [1.165, 1.54) is 11.3 Å². The first-order valence-corrected chi connectivity index (χ1v) is 9.48. The van der Waals surface area contributed by atoms with Crippen molar-refractivity contribution in [1.29, 1.82) is 0 Å². The van der Waals surface area contributed by atoms with Crippen molar-refractivity contribution >= 4 is 35.1 Å². The molecule has 0 saturated carbocycles. The van der Waals surface area contributed by atoms with Crippen molar-refractivity contribution in [2.24, 2.45) is 0 Å². The fraction of sp³-hybridized carbons (Fsp3) is 0.562. The first kappa shape index (κ1) is 18.5. The highest BCUT2D eigenvalue weighted by Gasteiger charge is 2.45. The number of aromatic nitrogens is 1. The van der Waals surface area contributed by atoms with Crippen molar-refractivity contribution in [2.45, 2.75) is 20.3 Å². The molecule has 0 atom stereocenters. The smallest absolute Gasteiger partial charge is 0.331 e. The number of carbonyl (C=O) groups excluding carboxylic acids is 4. The van der Waals surface area contributed by atoms with Gasteiger partial charge in [-0.2, -0.15) is 0 Å². The average Bonchev–Trinajstić information content (AvgIpc) is 3.12. The van der Waals surface area contributed by atoms with Crippen molar-refractivity contribution < 1.29 is 24.1 Å². The molecule has 5 amide bonds. The average molecular weight is 380 g/mol. The molecule has 2 aliphatic heterocycles. The van der Waals surface area contributed by atoms with E-state index in [2.05, 4.69) is 4.98 Å². The molecule has 0 radical (unpaired) electrons. The van der Waals surface area contributed by atoms with Crippen molar-refractivity contribution in [3.8, 4) is 0 Å². The number of hydrogen-bond acceptors (Lipinski definition) is 6. The quantitative estimate of drug-likeness (QED) is 0.495. The molecule has 2 aliphatic rings. The lowest BCUT2D eigenvalue weighted by molar-refractivity contribution is -0.911. The van der Waals surface area contributed by atoms with Gasteiger partial charge in [0.05, 0.1) is 32.6 Å². The molecular weight excluding hydrogens is 358 g/mol. The first-order valence-electron chi connectivity index (χ1n) is 8.60. The number of likely N-dealkylation sites (N-methyl/N-ethyl adjacent to an activating group) is 1. The standard InChI is InChI=1S/C16H21N5O4S/c1-3-20-14(23)15(24)21(16(20)25)10-18-4-6-19(7-5-18)13(22)8-12-17-11(2)9-26-12/h9H,3-8,10H2,1-2H3/p+1. The van der Waals surface area contributed by atoms with Gasteiger partial charge in [-0.1, -0.05) is 0 Å². The Bertz CT molecular complexity index is 741. The highest BCUT2D eigenvalue weighted by Crippen LogP contribution is 2.11. The second-order valence-corrected chi connectivity index (χ2v) is 7.36. The van der Waals surface area contributed by atoms with E-state index in [0.29, 0.717) is 32.6 Å². The molecule has 1 aromatic rings. The zero-order chi connectivity index (χ0) is 18.8. The van der Waals surface area contributed by atoms with E-state index in [0.717, 1.165) is 25.4 Å². The largest absolute Gasteiger partial charge is 0.338 e. The number of rotatable bonds is 5. The first-order chi connectivity index (χ1) is 12.4. The molecule has 0 bridgehead atoms. The summed E-state index contributed by atoms with van der Waals surface area (Å²) >= 11 is 1.48. The summed E-state index contributed by atoms with van der Waals surface area (Å²) in [6, 6.07) is -0.548. The Hall–Kier alpha value is -2.33. The summed E-state index contributed by atoms with van der Waals surface area (Å²) in [5.41, 5.74) is 0.919. The maximum absolute atomic E-state index is 12.4. The lowest BCUT2D eigenvalue weighted by Gasteiger charge is -2.33. The van der Waals surface area contributed by atoms with Crippen molar-refractivity contribution in [1.82, 2.24) is 19.7 Å². The predicted octanol–water partition coefficient (Wildman–Crippen LogP) is -1.51. The van der Waals surface area contributed by atoms with E-state index in [9.17, 15) is 19.2 Å². The molecule has 3 rings (SSSR count). The van der Waals surface area contributed by atoms with Crippen LogP contribution in [0.15, 0.2) is 5.38 Å². The molecule has 0 spiro atoms. The minimum Gasteiger partial charge on any atom is -0.331 e. The van der Waals surface area contributed by atoms with Crippen LogP contribution in [-0.2, 0) is 20.8 Å². The van der Waals surface area contributed by atoms with E-state index >= 15 is 0 Å². The molecule has 0 aromatic carbocycles. The summed E-state index contributed by atoms with van der Waals surface area (Å²) < 4.78 is 0. The van der Waals surface area contributed by atoms with E-state index in [1.54, 1.807) is 11.8 Å². The fourth-order valence-corrected chi connectivity index (χ4v) is 3.91. The van der Waals surface area contributed by atoms with Gasteiger partial charge in [0, 0.05) is 17.6 Å². The fourth-order valence-electron chi connectivity index (χ4n) is 3.15. The van der Waals surface area contributed by atoms with Gasteiger partial charge in [0.1, 0.15) is 5.01 Å². The van der Waals surface area contributed by atoms with Crippen LogP contribution in [-0.4, -0.2) is 82.8 Å². The number of piperazine rings is 1. The van der Waals surface area contributed by atoms with Crippen LogP contribution >= 0.6 is 11.3 Å². The number of carbonyl (C=O) groups is 4. The lowest BCUT2D eigenvalue weighted by atomic mass is 10.3. The van der Waals surface area contributed by atoms with Crippen LogP contribution in [0.3, 0.4) is 0 Å². The molecule has 3 heterocycles. The van der Waals surface area contributed by atoms with Gasteiger partial charge in [-0.05, 0) is 13.8 Å². The van der Waals surface area contributed by atoms with Crippen molar-refractivity contribution in [3.63, 3.8) is 0 Å². The maximum atomic E-state index is 12.4. The number of aryl methyl sites for hydroxylation is 1. The minimum atomic E-state index is -0.762. The van der Waals surface area contributed by atoms with Crippen molar-refractivity contribution in [2.75, 3.05) is 39.4 Å². The lowest BCUT2D eigenvalue weighted by Crippen LogP contribution is -3.16. The van der Waals surface area contributed by atoms with Crippen LogP contribution in [0.4, 0.5) is 4.79 Å². The second kappa shape index (κ2) is 7.50. The van der Waals surface area contributed by atoms with Crippen LogP contribution in [0.25, 0.3) is 0 Å². The van der Waals surface area contributed by atoms with E-state index < -0.39 is 17.8 Å². The Morgan fingerprint density at radius 2 is 1.85 bits per heavy atom. The minimum absolute atomic E-state index is 0.0408. The van der Waals surface area contributed by atoms with Crippen LogP contribution in [0.2, 0.25) is 0 Å². The number of nitrogens with one attached hydrogen (secondary N) is 1. The zero-order valence-corrected chi connectivity index (χ0v) is 15.7. The van der Waals surface area contributed by atoms with Crippen LogP contribution < -0.4 is 4.90 Å². The summed E-state index contributed by atoms with van der Waals surface area (Å²) in [6.45, 7) is 6.27. The van der Waals surface area contributed by atoms with Gasteiger partial charge in [-0.15, -0.1) is 11.3 Å². The number of nitrogens with zero attached hydrogens (tertiary/aromatic N) is 4. The molecule has 2 saturated heterocycles. The highest BCUT2D eigenvalue weighted by molar-refractivity contribution is 7.09. The van der Waals surface area contributed by atoms with Gasteiger partial charge >= 0.3 is 17.8 Å². The highest BCUT2D eigenvalue weighted by atomic mass is 32.1. The molecule has 0 aliphatic carbocycles. The van der Waals surface area contributed by atoms with Crippen molar-refractivity contribution in [3.05, 3.63) is 16.1 Å².